The summed E-state index contributed by atoms with van der Waals surface area (Å²) in [4.78, 5) is 29.6. The molecule has 1 saturated heterocycles. The topological polar surface area (TPSA) is 107 Å². The standard InChI is InChI=1S/C29H33F3N6O3/c1-3-41-27-19(5-4-14-34-27)21-7-6-20-22(35-21)17-38(25(39)10-13-33)18-28(20)11-15-37(16-12-28)23-8-9-24(40-2)36-26(23)29(30,31)32/h4-9,14H,3,10-13,15-18,33H2,1-2H3. The van der Waals surface area contributed by atoms with Crippen LogP contribution in [-0.4, -0.2) is 65.7 Å². The number of pyridine rings is 3. The molecule has 0 bridgehead atoms. The van der Waals surface area contributed by atoms with Gasteiger partial charge in [0.05, 0.1) is 42.9 Å². The van der Waals surface area contributed by atoms with Crippen LogP contribution in [0.1, 0.15) is 43.1 Å². The van der Waals surface area contributed by atoms with E-state index in [1.54, 1.807) is 16.0 Å². The van der Waals surface area contributed by atoms with E-state index in [9.17, 15) is 18.0 Å². The normalized spacial score (nSPS) is 16.4. The van der Waals surface area contributed by atoms with Crippen molar-refractivity contribution in [2.24, 2.45) is 5.73 Å². The van der Waals surface area contributed by atoms with Gasteiger partial charge >= 0.3 is 6.18 Å². The maximum atomic E-state index is 13.9. The molecule has 3 aromatic rings. The highest BCUT2D eigenvalue weighted by Crippen LogP contribution is 2.45. The van der Waals surface area contributed by atoms with Crippen molar-refractivity contribution in [1.82, 2.24) is 19.9 Å². The predicted octanol–water partition coefficient (Wildman–Crippen LogP) is 4.19. The van der Waals surface area contributed by atoms with Crippen molar-refractivity contribution in [3.63, 3.8) is 0 Å². The van der Waals surface area contributed by atoms with E-state index in [1.165, 1.54) is 19.2 Å². The summed E-state index contributed by atoms with van der Waals surface area (Å²) in [6, 6.07) is 10.5. The zero-order valence-electron chi connectivity index (χ0n) is 23.1. The second-order valence-corrected chi connectivity index (χ2v) is 10.3. The molecule has 2 N–H and O–H groups in total. The maximum Gasteiger partial charge on any atom is 0.435 e. The van der Waals surface area contributed by atoms with Crippen LogP contribution in [0.2, 0.25) is 0 Å². The van der Waals surface area contributed by atoms with Crippen LogP contribution in [0.4, 0.5) is 18.9 Å². The minimum absolute atomic E-state index is 0.0220. The molecule has 2 aliphatic rings. The van der Waals surface area contributed by atoms with E-state index >= 15 is 0 Å². The number of halogens is 3. The number of carbonyl (C=O) groups is 1. The molecule has 5 heterocycles. The number of ether oxygens (including phenoxy) is 2. The van der Waals surface area contributed by atoms with Crippen LogP contribution in [-0.2, 0) is 22.9 Å². The van der Waals surface area contributed by atoms with Crippen LogP contribution in [0.3, 0.4) is 0 Å². The minimum Gasteiger partial charge on any atom is -0.481 e. The van der Waals surface area contributed by atoms with Gasteiger partial charge in [-0.3, -0.25) is 9.78 Å². The molecule has 41 heavy (non-hydrogen) atoms. The molecule has 0 atom stereocenters. The lowest BCUT2D eigenvalue weighted by Crippen LogP contribution is -2.54. The average Bonchev–Trinajstić information content (AvgIpc) is 2.97. The Morgan fingerprint density at radius 1 is 1.12 bits per heavy atom. The summed E-state index contributed by atoms with van der Waals surface area (Å²) >= 11 is 0. The molecule has 1 spiro atoms. The Morgan fingerprint density at radius 3 is 2.59 bits per heavy atom. The van der Waals surface area contributed by atoms with Gasteiger partial charge in [-0.1, -0.05) is 6.07 Å². The highest BCUT2D eigenvalue weighted by molar-refractivity contribution is 5.77. The number of fused-ring (bicyclic) bond motifs is 2. The Balaban J connectivity index is 1.49. The molecular weight excluding hydrogens is 537 g/mol. The van der Waals surface area contributed by atoms with Gasteiger partial charge in [0.25, 0.3) is 0 Å². The summed E-state index contributed by atoms with van der Waals surface area (Å²) in [6.07, 6.45) is -1.69. The summed E-state index contributed by atoms with van der Waals surface area (Å²) in [6.45, 7) is 4.07. The van der Waals surface area contributed by atoms with E-state index in [2.05, 4.69) is 9.97 Å². The first kappa shape index (κ1) is 28.6. The fourth-order valence-electron chi connectivity index (χ4n) is 5.85. The van der Waals surface area contributed by atoms with Crippen molar-refractivity contribution in [3.8, 4) is 23.0 Å². The second-order valence-electron chi connectivity index (χ2n) is 10.3. The van der Waals surface area contributed by atoms with E-state index in [-0.39, 0.29) is 30.4 Å². The van der Waals surface area contributed by atoms with Crippen LogP contribution >= 0.6 is 0 Å². The highest BCUT2D eigenvalue weighted by Gasteiger charge is 2.45. The summed E-state index contributed by atoms with van der Waals surface area (Å²) in [5.41, 5.74) is 7.50. The number of anilines is 1. The third-order valence-electron chi connectivity index (χ3n) is 7.81. The SMILES string of the molecule is CCOc1ncccc1-c1ccc2c(n1)CN(C(=O)CCN)CC21CCN(c2ccc(OC)nc2C(F)(F)F)CC1. The third kappa shape index (κ3) is 5.65. The molecule has 1 fully saturated rings. The molecule has 12 heteroatoms. The van der Waals surface area contributed by atoms with Crippen LogP contribution in [0.15, 0.2) is 42.6 Å². The van der Waals surface area contributed by atoms with Gasteiger partial charge < -0.3 is 25.0 Å². The molecule has 218 valence electrons. The van der Waals surface area contributed by atoms with Crippen LogP contribution in [0.25, 0.3) is 11.3 Å². The Kier molecular flexibility index (Phi) is 8.03. The highest BCUT2D eigenvalue weighted by atomic mass is 19.4. The molecule has 0 aliphatic carbocycles. The summed E-state index contributed by atoms with van der Waals surface area (Å²) < 4.78 is 52.4. The van der Waals surface area contributed by atoms with Crippen molar-refractivity contribution < 1.29 is 27.4 Å². The van der Waals surface area contributed by atoms with Crippen LogP contribution in [0.5, 0.6) is 11.8 Å². The summed E-state index contributed by atoms with van der Waals surface area (Å²) in [5.74, 6) is 0.320. The monoisotopic (exact) mass is 570 g/mol. The number of carbonyl (C=O) groups excluding carboxylic acids is 1. The number of amides is 1. The largest absolute Gasteiger partial charge is 0.481 e. The lowest BCUT2D eigenvalue weighted by molar-refractivity contribution is -0.141. The number of methoxy groups -OCH3 is 1. The minimum atomic E-state index is -4.63. The number of hydrogen-bond donors (Lipinski definition) is 1. The van der Waals surface area contributed by atoms with Crippen LogP contribution < -0.4 is 20.1 Å². The van der Waals surface area contributed by atoms with E-state index in [4.69, 9.17) is 20.2 Å². The van der Waals surface area contributed by atoms with Crippen molar-refractivity contribution in [1.29, 1.82) is 0 Å². The third-order valence-corrected chi connectivity index (χ3v) is 7.81. The fourth-order valence-corrected chi connectivity index (χ4v) is 5.85. The molecule has 0 saturated carbocycles. The van der Waals surface area contributed by atoms with Gasteiger partial charge in [0.2, 0.25) is 17.7 Å². The van der Waals surface area contributed by atoms with Gasteiger partial charge in [0.15, 0.2) is 5.69 Å². The smallest absolute Gasteiger partial charge is 0.435 e. The first-order valence-corrected chi connectivity index (χ1v) is 13.6. The van der Waals surface area contributed by atoms with Gasteiger partial charge in [-0.05, 0) is 49.6 Å². The molecule has 9 nitrogen and oxygen atoms in total. The predicted molar refractivity (Wildman–Crippen MR) is 147 cm³/mol. The molecule has 0 radical (unpaired) electrons. The lowest BCUT2D eigenvalue weighted by Gasteiger charge is -2.49. The number of aromatic nitrogens is 3. The Morgan fingerprint density at radius 2 is 1.90 bits per heavy atom. The molecule has 3 aromatic heterocycles. The van der Waals surface area contributed by atoms with Gasteiger partial charge in [-0.2, -0.15) is 13.2 Å². The van der Waals surface area contributed by atoms with E-state index in [0.29, 0.717) is 57.2 Å². The molecule has 1 amide bonds. The first-order valence-electron chi connectivity index (χ1n) is 13.6. The molecule has 2 aliphatic heterocycles. The number of piperidine rings is 1. The Bertz CT molecular complexity index is 1410. The number of nitrogens with zero attached hydrogens (tertiary/aromatic N) is 5. The van der Waals surface area contributed by atoms with E-state index < -0.39 is 17.3 Å². The maximum absolute atomic E-state index is 13.9. The molecule has 0 aromatic carbocycles. The van der Waals surface area contributed by atoms with Gasteiger partial charge in [-0.25, -0.2) is 9.97 Å². The molecule has 5 rings (SSSR count). The molecular formula is C29H33F3N6O3. The van der Waals surface area contributed by atoms with Crippen molar-refractivity contribution in [2.45, 2.75) is 44.3 Å². The van der Waals surface area contributed by atoms with Crippen molar-refractivity contribution in [3.05, 3.63) is 59.5 Å². The van der Waals surface area contributed by atoms with Crippen LogP contribution in [0, 0.1) is 0 Å². The summed E-state index contributed by atoms with van der Waals surface area (Å²) in [5, 5.41) is 0. The van der Waals surface area contributed by atoms with Crippen molar-refractivity contribution in [2.75, 3.05) is 44.8 Å². The van der Waals surface area contributed by atoms with Gasteiger partial charge in [0, 0.05) is 50.3 Å². The number of nitrogens with two attached hydrogens (primary N) is 1. The Labute approximate surface area is 236 Å². The fraction of sp³-hybridized carbons (Fsp3) is 0.448. The zero-order valence-corrected chi connectivity index (χ0v) is 23.1. The zero-order chi connectivity index (χ0) is 29.2. The van der Waals surface area contributed by atoms with E-state index in [1.807, 2.05) is 31.2 Å². The summed E-state index contributed by atoms with van der Waals surface area (Å²) in [7, 11) is 1.29. The van der Waals surface area contributed by atoms with Gasteiger partial charge in [0.1, 0.15) is 0 Å². The average molecular weight is 571 g/mol. The first-order chi connectivity index (χ1) is 19.7. The Hall–Kier alpha value is -3.93. The number of alkyl halides is 3. The second kappa shape index (κ2) is 11.5. The quantitative estimate of drug-likeness (QED) is 0.451. The lowest BCUT2D eigenvalue weighted by atomic mass is 9.69. The number of hydrogen-bond acceptors (Lipinski definition) is 8. The van der Waals surface area contributed by atoms with Gasteiger partial charge in [-0.15, -0.1) is 0 Å². The van der Waals surface area contributed by atoms with E-state index in [0.717, 1.165) is 16.8 Å². The molecule has 0 unspecified atom stereocenters. The van der Waals surface area contributed by atoms with Crippen molar-refractivity contribution >= 4 is 11.6 Å². The number of rotatable bonds is 7.